The van der Waals surface area contributed by atoms with Crippen molar-refractivity contribution in [1.82, 2.24) is 37.2 Å². The summed E-state index contributed by atoms with van der Waals surface area (Å²) in [6.07, 6.45) is -0.0600. The maximum atomic E-state index is 14.5. The van der Waals surface area contributed by atoms with E-state index in [1.165, 1.54) is 19.1 Å². The first-order chi connectivity index (χ1) is 35.7. The fourth-order valence-electron chi connectivity index (χ4n) is 7.99. The Hall–Kier alpha value is -6.72. The summed E-state index contributed by atoms with van der Waals surface area (Å²) >= 11 is 8.51. The van der Waals surface area contributed by atoms with Crippen LogP contribution in [0, 0.1) is 5.92 Å². The Morgan fingerprint density at radius 3 is 1.60 bits per heavy atom. The standard InChI is InChI=1S/C53H72N10O10S2/c1-30(2)44(53(73)61-43(29-75)52(72)63-45(31(3)64)46(56)66)62-49(69)39(15-9-10-24-54)57-48(68)40(23-19-32-11-5-4-6-12-32)58-50(70)41(27-33-17-21-37(65)22-18-33)59-51(71)42(28-74)60-47(67)38(55)26-34-16-20-35-13-7-8-14-36(35)25-34/h4-8,11-14,16-18,20-22,25,30-31,38-45,64-65,74-75H,9-10,15,19,23-24,26-29,54-55H2,1-3H3,(H2,56,66)(H,57,68)(H,58,70)(H,59,71)(H,60,67)(H,61,73)(H,62,69)(H,63,72)/t31-,38+,39+,40+,41+,42+,43+,44+,45+/m1/s1. The Morgan fingerprint density at radius 1 is 0.520 bits per heavy atom. The number of carbonyl (C=O) groups is 8. The van der Waals surface area contributed by atoms with Crippen molar-refractivity contribution in [3.63, 3.8) is 0 Å². The van der Waals surface area contributed by atoms with Gasteiger partial charge in [0.2, 0.25) is 47.3 Å². The summed E-state index contributed by atoms with van der Waals surface area (Å²) < 4.78 is 0. The van der Waals surface area contributed by atoms with E-state index in [1.54, 1.807) is 26.0 Å². The van der Waals surface area contributed by atoms with Crippen LogP contribution in [0.5, 0.6) is 5.75 Å². The summed E-state index contributed by atoms with van der Waals surface area (Å²) in [5.41, 5.74) is 19.6. The van der Waals surface area contributed by atoms with Crippen LogP contribution >= 0.6 is 25.3 Å². The van der Waals surface area contributed by atoms with E-state index in [2.05, 4.69) is 62.5 Å². The predicted octanol–water partition coefficient (Wildman–Crippen LogP) is 0.195. The Balaban J connectivity index is 1.57. The van der Waals surface area contributed by atoms with E-state index < -0.39 is 108 Å². The zero-order chi connectivity index (χ0) is 55.2. The van der Waals surface area contributed by atoms with Crippen molar-refractivity contribution in [2.45, 2.75) is 120 Å². The van der Waals surface area contributed by atoms with E-state index in [0.29, 0.717) is 24.8 Å². The molecule has 0 unspecified atom stereocenters. The lowest BCUT2D eigenvalue weighted by Crippen LogP contribution is -2.61. The number of primary amides is 1. The molecule has 75 heavy (non-hydrogen) atoms. The molecule has 0 radical (unpaired) electrons. The van der Waals surface area contributed by atoms with Crippen LogP contribution in [0.3, 0.4) is 0 Å². The lowest BCUT2D eigenvalue weighted by Gasteiger charge is -2.29. The van der Waals surface area contributed by atoms with Crippen LogP contribution in [-0.2, 0) is 57.6 Å². The smallest absolute Gasteiger partial charge is 0.244 e. The second-order valence-electron chi connectivity index (χ2n) is 18.7. The van der Waals surface area contributed by atoms with Crippen LogP contribution in [0.1, 0.15) is 63.1 Å². The highest BCUT2D eigenvalue weighted by Crippen LogP contribution is 2.18. The van der Waals surface area contributed by atoms with Crippen molar-refractivity contribution in [1.29, 1.82) is 0 Å². The number of nitrogens with one attached hydrogen (secondary N) is 7. The minimum absolute atomic E-state index is 0.0267. The number of aromatic hydroxyl groups is 1. The molecule has 4 aromatic rings. The average molecular weight is 1070 g/mol. The van der Waals surface area contributed by atoms with Gasteiger partial charge in [-0.2, -0.15) is 25.3 Å². The van der Waals surface area contributed by atoms with E-state index in [9.17, 15) is 48.6 Å². The van der Waals surface area contributed by atoms with Gasteiger partial charge in [-0.05, 0) is 97.5 Å². The summed E-state index contributed by atoms with van der Waals surface area (Å²) in [7, 11) is 0. The summed E-state index contributed by atoms with van der Waals surface area (Å²) in [5, 5.41) is 40.4. The number of benzene rings is 4. The van der Waals surface area contributed by atoms with Crippen LogP contribution in [-0.4, -0.2) is 130 Å². The van der Waals surface area contributed by atoms with Gasteiger partial charge in [0.1, 0.15) is 48.0 Å². The number of fused-ring (bicyclic) bond motifs is 1. The number of aliphatic hydroxyl groups excluding tert-OH is 1. The first-order valence-electron chi connectivity index (χ1n) is 24.8. The van der Waals surface area contributed by atoms with Gasteiger partial charge in [0.05, 0.1) is 12.1 Å². The van der Waals surface area contributed by atoms with Crippen LogP contribution in [0.2, 0.25) is 0 Å². The van der Waals surface area contributed by atoms with Gasteiger partial charge in [-0.15, -0.1) is 0 Å². The fourth-order valence-corrected chi connectivity index (χ4v) is 8.51. The number of hydrogen-bond donors (Lipinski definition) is 14. The van der Waals surface area contributed by atoms with Crippen LogP contribution in [0.4, 0.5) is 0 Å². The van der Waals surface area contributed by atoms with Gasteiger partial charge in [0, 0.05) is 17.9 Å². The number of unbranched alkanes of at least 4 members (excludes halogenated alkanes) is 1. The maximum absolute atomic E-state index is 14.5. The number of aliphatic hydroxyl groups is 1. The van der Waals surface area contributed by atoms with Gasteiger partial charge in [-0.3, -0.25) is 38.4 Å². The molecule has 20 nitrogen and oxygen atoms in total. The molecule has 0 saturated heterocycles. The molecule has 0 aliphatic carbocycles. The predicted molar refractivity (Wildman–Crippen MR) is 292 cm³/mol. The van der Waals surface area contributed by atoms with E-state index in [-0.39, 0.29) is 49.5 Å². The van der Waals surface area contributed by atoms with Crippen LogP contribution in [0.15, 0.2) is 97.1 Å². The van der Waals surface area contributed by atoms with Gasteiger partial charge in [0.15, 0.2) is 0 Å². The minimum atomic E-state index is -1.46. The molecule has 4 rings (SSSR count). The molecule has 22 heteroatoms. The van der Waals surface area contributed by atoms with Gasteiger partial charge in [-0.1, -0.05) is 98.8 Å². The Labute approximate surface area is 448 Å². The highest BCUT2D eigenvalue weighted by atomic mass is 32.1. The number of aryl methyl sites for hydroxylation is 1. The highest BCUT2D eigenvalue weighted by Gasteiger charge is 2.35. The molecule has 0 saturated carbocycles. The number of thiol groups is 2. The molecule has 0 aromatic heterocycles. The quantitative estimate of drug-likeness (QED) is 0.0246. The van der Waals surface area contributed by atoms with Gasteiger partial charge < -0.3 is 64.6 Å². The number of rotatable bonds is 30. The molecule has 9 atom stereocenters. The van der Waals surface area contributed by atoms with Crippen LogP contribution < -0.4 is 54.4 Å². The molecular weight excluding hydrogens is 1000 g/mol. The first kappa shape index (κ1) is 60.8. The van der Waals surface area contributed by atoms with Crippen molar-refractivity contribution in [3.05, 3.63) is 114 Å². The third-order valence-electron chi connectivity index (χ3n) is 12.4. The normalized spacial score (nSPS) is 14.8. The summed E-state index contributed by atoms with van der Waals surface area (Å²) in [4.78, 5) is 109. The third-order valence-corrected chi connectivity index (χ3v) is 13.1. The highest BCUT2D eigenvalue weighted by molar-refractivity contribution is 7.80. The molecule has 0 fully saturated rings. The number of nitrogens with two attached hydrogens (primary N) is 3. The second kappa shape index (κ2) is 30.6. The number of carbonyl (C=O) groups excluding carboxylic acids is 8. The third kappa shape index (κ3) is 19.5. The van der Waals surface area contributed by atoms with Crippen molar-refractivity contribution in [2.75, 3.05) is 18.1 Å². The zero-order valence-electron chi connectivity index (χ0n) is 42.4. The molecule has 0 heterocycles. The second-order valence-corrected chi connectivity index (χ2v) is 19.4. The lowest BCUT2D eigenvalue weighted by atomic mass is 10.00. The Bertz CT molecular complexity index is 2560. The Morgan fingerprint density at radius 2 is 1.01 bits per heavy atom. The SMILES string of the molecule is CC(C)[C@H](NC(=O)[C@H](CCCCN)NC(=O)[C@H](CCc1ccccc1)NC(=O)[C@H](Cc1ccc(O)cc1)NC(=O)[C@H](CS)NC(=O)[C@@H](N)Cc1ccc2ccccc2c1)C(=O)N[C@@H](CS)C(=O)N[C@H](C(N)=O)[C@@H](C)O. The molecule has 4 aromatic carbocycles. The molecule has 0 aliphatic heterocycles. The largest absolute Gasteiger partial charge is 0.508 e. The molecule has 0 aliphatic rings. The summed E-state index contributed by atoms with van der Waals surface area (Å²) in [6, 6.07) is 18.3. The van der Waals surface area contributed by atoms with E-state index in [4.69, 9.17) is 17.2 Å². The number of amides is 8. The molecule has 8 amide bonds. The first-order valence-corrected chi connectivity index (χ1v) is 26.1. The van der Waals surface area contributed by atoms with E-state index in [0.717, 1.165) is 21.9 Å². The van der Waals surface area contributed by atoms with Crippen molar-refractivity contribution >= 4 is 83.3 Å². The van der Waals surface area contributed by atoms with E-state index in [1.807, 2.05) is 72.8 Å². The monoisotopic (exact) mass is 1070 g/mol. The molecule has 406 valence electrons. The summed E-state index contributed by atoms with van der Waals surface area (Å²) in [5.74, 6) is -7.36. The molecule has 0 bridgehead atoms. The van der Waals surface area contributed by atoms with Crippen molar-refractivity contribution < 1.29 is 48.6 Å². The lowest BCUT2D eigenvalue weighted by molar-refractivity contribution is -0.136. The Kier molecular flexibility index (Phi) is 24.8. The van der Waals surface area contributed by atoms with Crippen LogP contribution in [0.25, 0.3) is 10.8 Å². The molecule has 15 N–H and O–H groups in total. The van der Waals surface area contributed by atoms with Gasteiger partial charge in [0.25, 0.3) is 0 Å². The zero-order valence-corrected chi connectivity index (χ0v) is 44.2. The van der Waals surface area contributed by atoms with Gasteiger partial charge in [-0.25, -0.2) is 0 Å². The topological polar surface area (TPSA) is 339 Å². The minimum Gasteiger partial charge on any atom is -0.508 e. The number of hydrogen-bond acceptors (Lipinski definition) is 14. The fraction of sp³-hybridized carbons (Fsp3) is 0.434. The van der Waals surface area contributed by atoms with E-state index >= 15 is 0 Å². The van der Waals surface area contributed by atoms with Gasteiger partial charge >= 0.3 is 0 Å². The molecular formula is C53H72N10O10S2. The summed E-state index contributed by atoms with van der Waals surface area (Å²) in [6.45, 7) is 4.83. The number of phenolic OH excluding ortho intramolecular Hbond substituents is 1. The van der Waals surface area contributed by atoms with Crippen molar-refractivity contribution in [2.24, 2.45) is 23.1 Å². The number of phenols is 1. The molecule has 0 spiro atoms. The van der Waals surface area contributed by atoms with Crippen molar-refractivity contribution in [3.8, 4) is 5.75 Å². The maximum Gasteiger partial charge on any atom is 0.244 e. The average Bonchev–Trinajstić information content (AvgIpc) is 3.38.